The van der Waals surface area contributed by atoms with E-state index in [2.05, 4.69) is 5.32 Å². The Morgan fingerprint density at radius 3 is 2.61 bits per heavy atom. The van der Waals surface area contributed by atoms with Gasteiger partial charge in [-0.1, -0.05) is 62.4 Å². The lowest BCUT2D eigenvalue weighted by Crippen LogP contribution is -2.58. The maximum Gasteiger partial charge on any atom is 0.419 e. The first-order valence-electron chi connectivity index (χ1n) is 12.1. The number of hydrogen-bond donors (Lipinski definition) is 2. The molecular weight excluding hydrogens is 438 g/mol. The Labute approximate surface area is 201 Å². The van der Waals surface area contributed by atoms with Crippen LogP contribution in [-0.4, -0.2) is 52.8 Å². The molecule has 2 heterocycles. The van der Waals surface area contributed by atoms with Crippen molar-refractivity contribution in [3.63, 3.8) is 0 Å². The maximum absolute atomic E-state index is 13.8. The van der Waals surface area contributed by atoms with Crippen molar-refractivity contribution in [3.05, 3.63) is 35.9 Å². The predicted molar refractivity (Wildman–Crippen MR) is 129 cm³/mol. The molecule has 0 aromatic heterocycles. The Bertz CT molecular complexity index is 840. The van der Waals surface area contributed by atoms with Crippen LogP contribution in [0.3, 0.4) is 0 Å². The van der Waals surface area contributed by atoms with Gasteiger partial charge in [0.2, 0.25) is 5.72 Å². The number of nitrogens with one attached hydrogen (secondary N) is 1. The lowest BCUT2D eigenvalue weighted by Gasteiger charge is -2.36. The summed E-state index contributed by atoms with van der Waals surface area (Å²) in [5.74, 6) is 0.840. The standard InChI is InChI=1S/C25H37N3O4S/c1-24(2,3)32-23(30)28(21(29)19(26)16-17-10-6-4-7-11-17)25-20(18-12-8-5-9-13-18)33-15-14-27-22(25)31-25/h5,8-9,12-13,17,19-20,22,27H,4,6-7,10-11,14-16,26H2,1-3H3/t19-,20?,22?,25?/m0/s1. The van der Waals surface area contributed by atoms with Crippen LogP contribution in [0.25, 0.3) is 0 Å². The summed E-state index contributed by atoms with van der Waals surface area (Å²) in [7, 11) is 0. The number of rotatable bonds is 5. The number of imide groups is 1. The van der Waals surface area contributed by atoms with Crippen molar-refractivity contribution in [2.45, 2.75) is 88.1 Å². The van der Waals surface area contributed by atoms with Gasteiger partial charge in [-0.25, -0.2) is 9.69 Å². The van der Waals surface area contributed by atoms with Crippen LogP contribution >= 0.6 is 11.8 Å². The fraction of sp³-hybridized carbons (Fsp3) is 0.680. The average molecular weight is 476 g/mol. The van der Waals surface area contributed by atoms with Crippen molar-refractivity contribution in [2.24, 2.45) is 11.7 Å². The molecule has 3 N–H and O–H groups in total. The van der Waals surface area contributed by atoms with Gasteiger partial charge in [-0.05, 0) is 38.7 Å². The monoisotopic (exact) mass is 475 g/mol. The van der Waals surface area contributed by atoms with Gasteiger partial charge in [-0.2, -0.15) is 0 Å². The maximum atomic E-state index is 13.8. The molecule has 1 aliphatic carbocycles. The number of thioether (sulfide) groups is 1. The molecule has 4 rings (SSSR count). The number of nitrogens with zero attached hydrogens (tertiary/aromatic N) is 1. The minimum Gasteiger partial charge on any atom is -0.443 e. The van der Waals surface area contributed by atoms with E-state index >= 15 is 0 Å². The molecule has 1 saturated carbocycles. The summed E-state index contributed by atoms with van der Waals surface area (Å²) in [6.45, 7) is 6.12. The highest BCUT2D eigenvalue weighted by Crippen LogP contribution is 2.56. The zero-order chi connectivity index (χ0) is 23.6. The first-order valence-corrected chi connectivity index (χ1v) is 13.2. The highest BCUT2D eigenvalue weighted by atomic mass is 32.2. The van der Waals surface area contributed by atoms with E-state index in [1.165, 1.54) is 24.2 Å². The SMILES string of the molecule is CC(C)(C)OC(=O)N(C(=O)[C@@H](N)CC1CCCCC1)C12OC1NCCSC2c1ccccc1. The summed E-state index contributed by atoms with van der Waals surface area (Å²) in [6.07, 6.45) is 5.19. The number of fused-ring (bicyclic) bond motifs is 1. The van der Waals surface area contributed by atoms with Gasteiger partial charge in [-0.3, -0.25) is 10.1 Å². The fourth-order valence-corrected chi connectivity index (χ4v) is 6.38. The summed E-state index contributed by atoms with van der Waals surface area (Å²) in [5, 5.41) is 3.11. The lowest BCUT2D eigenvalue weighted by atomic mass is 9.84. The highest BCUT2D eigenvalue weighted by Gasteiger charge is 2.71. The number of ether oxygens (including phenoxy) is 2. The minimum absolute atomic E-state index is 0.239. The van der Waals surface area contributed by atoms with E-state index in [1.54, 1.807) is 32.5 Å². The molecule has 3 unspecified atom stereocenters. The van der Waals surface area contributed by atoms with Crippen molar-refractivity contribution in [1.29, 1.82) is 0 Å². The van der Waals surface area contributed by atoms with Gasteiger partial charge in [0.15, 0.2) is 6.23 Å². The first kappa shape index (κ1) is 24.5. The van der Waals surface area contributed by atoms with Crippen LogP contribution in [0.5, 0.6) is 0 Å². The third-order valence-corrected chi connectivity index (χ3v) is 7.98. The van der Waals surface area contributed by atoms with E-state index < -0.39 is 35.6 Å². The Balaban J connectivity index is 1.67. The van der Waals surface area contributed by atoms with Gasteiger partial charge >= 0.3 is 6.09 Å². The molecule has 0 radical (unpaired) electrons. The molecule has 4 atom stereocenters. The predicted octanol–water partition coefficient (Wildman–Crippen LogP) is 4.18. The van der Waals surface area contributed by atoms with Crippen LogP contribution in [0, 0.1) is 5.92 Å². The molecule has 7 nitrogen and oxygen atoms in total. The molecule has 0 spiro atoms. The molecule has 1 aromatic rings. The van der Waals surface area contributed by atoms with Crippen LogP contribution in [0.15, 0.2) is 30.3 Å². The molecule has 33 heavy (non-hydrogen) atoms. The molecule has 3 fully saturated rings. The van der Waals surface area contributed by atoms with Crippen LogP contribution in [0.1, 0.15) is 70.1 Å². The van der Waals surface area contributed by atoms with E-state index in [4.69, 9.17) is 15.2 Å². The van der Waals surface area contributed by atoms with E-state index in [-0.39, 0.29) is 5.25 Å². The zero-order valence-corrected chi connectivity index (χ0v) is 20.7. The topological polar surface area (TPSA) is 97.2 Å². The van der Waals surface area contributed by atoms with E-state index in [0.29, 0.717) is 12.3 Å². The zero-order valence-electron chi connectivity index (χ0n) is 19.9. The number of nitrogens with two attached hydrogens (primary N) is 1. The summed E-state index contributed by atoms with van der Waals surface area (Å²) in [4.78, 5) is 28.6. The molecule has 0 bridgehead atoms. The van der Waals surface area contributed by atoms with Gasteiger partial charge in [0.25, 0.3) is 5.91 Å². The summed E-state index contributed by atoms with van der Waals surface area (Å²) in [5.41, 5.74) is 5.57. The normalized spacial score (nSPS) is 28.8. The summed E-state index contributed by atoms with van der Waals surface area (Å²) < 4.78 is 11.9. The Hall–Kier alpha value is -1.61. The Morgan fingerprint density at radius 2 is 1.94 bits per heavy atom. The quantitative estimate of drug-likeness (QED) is 0.617. The van der Waals surface area contributed by atoms with Crippen molar-refractivity contribution in [1.82, 2.24) is 10.2 Å². The van der Waals surface area contributed by atoms with Crippen molar-refractivity contribution in [3.8, 4) is 0 Å². The van der Waals surface area contributed by atoms with Gasteiger partial charge in [0, 0.05) is 12.3 Å². The van der Waals surface area contributed by atoms with Gasteiger partial charge in [0.1, 0.15) is 5.60 Å². The number of carbonyl (C=O) groups is 2. The van der Waals surface area contributed by atoms with Crippen molar-refractivity contribution in [2.75, 3.05) is 12.3 Å². The highest BCUT2D eigenvalue weighted by molar-refractivity contribution is 7.99. The van der Waals surface area contributed by atoms with Gasteiger partial charge in [0.05, 0.1) is 11.3 Å². The third kappa shape index (κ3) is 5.39. The summed E-state index contributed by atoms with van der Waals surface area (Å²) >= 11 is 1.68. The second-order valence-corrected chi connectivity index (χ2v) is 11.6. The molecule has 2 saturated heterocycles. The number of amides is 2. The molecule has 1 aromatic carbocycles. The number of benzene rings is 1. The second-order valence-electron chi connectivity index (χ2n) is 10.4. The summed E-state index contributed by atoms with van der Waals surface area (Å²) in [6, 6.07) is 9.15. The Morgan fingerprint density at radius 1 is 1.24 bits per heavy atom. The van der Waals surface area contributed by atoms with Crippen molar-refractivity contribution < 1.29 is 19.1 Å². The van der Waals surface area contributed by atoms with E-state index in [1.807, 2.05) is 30.3 Å². The second kappa shape index (κ2) is 9.94. The van der Waals surface area contributed by atoms with E-state index in [0.717, 1.165) is 30.7 Å². The molecule has 182 valence electrons. The van der Waals surface area contributed by atoms with Gasteiger partial charge < -0.3 is 15.2 Å². The van der Waals surface area contributed by atoms with Gasteiger partial charge in [-0.15, -0.1) is 11.8 Å². The first-order chi connectivity index (χ1) is 15.7. The van der Waals surface area contributed by atoms with Crippen LogP contribution in [0.2, 0.25) is 0 Å². The molecule has 8 heteroatoms. The largest absolute Gasteiger partial charge is 0.443 e. The average Bonchev–Trinajstić information content (AvgIpc) is 3.49. The molecule has 2 aliphatic heterocycles. The van der Waals surface area contributed by atoms with Crippen LogP contribution in [0.4, 0.5) is 4.79 Å². The van der Waals surface area contributed by atoms with Crippen molar-refractivity contribution >= 4 is 23.8 Å². The van der Waals surface area contributed by atoms with E-state index in [9.17, 15) is 9.59 Å². The third-order valence-electron chi connectivity index (χ3n) is 6.59. The lowest BCUT2D eigenvalue weighted by molar-refractivity contribution is -0.138. The number of carbonyl (C=O) groups excluding carboxylic acids is 2. The molecule has 2 amide bonds. The minimum atomic E-state index is -1.16. The number of hydrogen-bond acceptors (Lipinski definition) is 7. The fourth-order valence-electron chi connectivity index (χ4n) is 5.04. The molecular formula is C25H37N3O4S. The van der Waals surface area contributed by atoms with Crippen LogP contribution in [-0.2, 0) is 14.3 Å². The molecule has 3 aliphatic rings. The van der Waals surface area contributed by atoms with Crippen LogP contribution < -0.4 is 11.1 Å². The smallest absolute Gasteiger partial charge is 0.419 e. The number of epoxide rings is 1. The Kier molecular flexibility index (Phi) is 7.38.